The molecule has 7 heteroatoms. The van der Waals surface area contributed by atoms with E-state index in [-0.39, 0.29) is 17.4 Å². The smallest absolute Gasteiger partial charge is 0.289 e. The molecule has 3 aromatic rings. The van der Waals surface area contributed by atoms with Crippen LogP contribution in [0.1, 0.15) is 36.7 Å². The number of carbonyl (C=O) groups excluding carboxylic acids is 1. The second kappa shape index (κ2) is 9.20. The third-order valence-corrected chi connectivity index (χ3v) is 5.55. The molecule has 2 aromatic carbocycles. The molecule has 0 atom stereocenters. The molecule has 0 bridgehead atoms. The van der Waals surface area contributed by atoms with Crippen LogP contribution in [0.2, 0.25) is 0 Å². The van der Waals surface area contributed by atoms with E-state index in [0.29, 0.717) is 35.9 Å². The Morgan fingerprint density at radius 3 is 2.71 bits per heavy atom. The number of amides is 1. The van der Waals surface area contributed by atoms with Crippen LogP contribution in [0.5, 0.6) is 17.2 Å². The first-order valence-corrected chi connectivity index (χ1v) is 10.8. The second-order valence-electron chi connectivity index (χ2n) is 7.79. The molecule has 1 aliphatic heterocycles. The SMILES string of the molecule is CCCN(CCOc1ccc2oc(C(=O)N3CCCC3)cc2c1)c1cccc(O)c1O. The number of likely N-dealkylation sites (tertiary alicyclic amines) is 1. The number of carbonyl (C=O) groups is 1. The number of phenols is 2. The van der Waals surface area contributed by atoms with E-state index >= 15 is 0 Å². The summed E-state index contributed by atoms with van der Waals surface area (Å²) in [5, 5.41) is 20.8. The largest absolute Gasteiger partial charge is 0.504 e. The van der Waals surface area contributed by atoms with Crippen molar-refractivity contribution < 1.29 is 24.2 Å². The molecule has 1 aliphatic rings. The van der Waals surface area contributed by atoms with Crippen LogP contribution in [0, 0.1) is 0 Å². The van der Waals surface area contributed by atoms with Crippen molar-refractivity contribution in [2.75, 3.05) is 37.7 Å². The first kappa shape index (κ1) is 20.9. The average Bonchev–Trinajstić information content (AvgIpc) is 3.44. The minimum Gasteiger partial charge on any atom is -0.504 e. The Labute approximate surface area is 181 Å². The van der Waals surface area contributed by atoms with Crippen molar-refractivity contribution in [1.29, 1.82) is 0 Å². The van der Waals surface area contributed by atoms with Crippen LogP contribution in [0.15, 0.2) is 46.9 Å². The minimum atomic E-state index is -0.135. The van der Waals surface area contributed by atoms with Crippen LogP contribution in [-0.2, 0) is 0 Å². The molecule has 0 aliphatic carbocycles. The number of hydrogen-bond acceptors (Lipinski definition) is 6. The Kier molecular flexibility index (Phi) is 6.21. The van der Waals surface area contributed by atoms with E-state index in [1.54, 1.807) is 18.2 Å². The Balaban J connectivity index is 1.42. The molecule has 0 unspecified atom stereocenters. The Morgan fingerprint density at radius 2 is 1.94 bits per heavy atom. The lowest BCUT2D eigenvalue weighted by Crippen LogP contribution is -2.29. The summed E-state index contributed by atoms with van der Waals surface area (Å²) in [6.07, 6.45) is 2.97. The third-order valence-electron chi connectivity index (χ3n) is 5.55. The third kappa shape index (κ3) is 4.55. The zero-order chi connectivity index (χ0) is 21.8. The fourth-order valence-corrected chi connectivity index (χ4v) is 3.96. The Bertz CT molecular complexity index is 1060. The summed E-state index contributed by atoms with van der Waals surface area (Å²) in [5.41, 5.74) is 1.24. The number of rotatable bonds is 8. The fraction of sp³-hybridized carbons (Fsp3) is 0.375. The van der Waals surface area contributed by atoms with Gasteiger partial charge in [0.15, 0.2) is 17.3 Å². The standard InChI is InChI=1S/C24H28N2O5/c1-2-10-25(19-6-5-7-20(27)23(19)28)13-14-30-18-8-9-21-17(15-18)16-22(31-21)24(29)26-11-3-4-12-26/h5-9,15-16,27-28H,2-4,10-14H2,1H3. The van der Waals surface area contributed by atoms with E-state index in [1.165, 1.54) is 6.07 Å². The highest BCUT2D eigenvalue weighted by Gasteiger charge is 2.22. The topological polar surface area (TPSA) is 86.4 Å². The summed E-state index contributed by atoms with van der Waals surface area (Å²) in [7, 11) is 0. The average molecular weight is 424 g/mol. The van der Waals surface area contributed by atoms with Gasteiger partial charge >= 0.3 is 0 Å². The zero-order valence-electron chi connectivity index (χ0n) is 17.7. The van der Waals surface area contributed by atoms with E-state index in [2.05, 4.69) is 6.92 Å². The molecular formula is C24H28N2O5. The van der Waals surface area contributed by atoms with E-state index in [0.717, 1.165) is 44.3 Å². The summed E-state index contributed by atoms with van der Waals surface area (Å²) < 4.78 is 11.7. The van der Waals surface area contributed by atoms with Gasteiger partial charge in [-0.2, -0.15) is 0 Å². The van der Waals surface area contributed by atoms with Crippen LogP contribution < -0.4 is 9.64 Å². The van der Waals surface area contributed by atoms with Crippen LogP contribution in [0.4, 0.5) is 5.69 Å². The monoisotopic (exact) mass is 424 g/mol. The molecule has 1 fully saturated rings. The van der Waals surface area contributed by atoms with Crippen molar-refractivity contribution in [2.24, 2.45) is 0 Å². The van der Waals surface area contributed by atoms with Gasteiger partial charge in [0.1, 0.15) is 17.9 Å². The molecule has 1 saturated heterocycles. The van der Waals surface area contributed by atoms with Gasteiger partial charge in [0.25, 0.3) is 5.91 Å². The lowest BCUT2D eigenvalue weighted by Gasteiger charge is -2.25. The van der Waals surface area contributed by atoms with Gasteiger partial charge in [-0.25, -0.2) is 0 Å². The van der Waals surface area contributed by atoms with Gasteiger partial charge in [0, 0.05) is 25.0 Å². The maximum Gasteiger partial charge on any atom is 0.289 e. The van der Waals surface area contributed by atoms with Crippen LogP contribution in [-0.4, -0.2) is 53.8 Å². The number of furan rings is 1. The van der Waals surface area contributed by atoms with Gasteiger partial charge in [-0.1, -0.05) is 13.0 Å². The lowest BCUT2D eigenvalue weighted by atomic mass is 10.2. The number of benzene rings is 2. The van der Waals surface area contributed by atoms with Crippen molar-refractivity contribution in [3.05, 3.63) is 48.2 Å². The second-order valence-corrected chi connectivity index (χ2v) is 7.79. The molecule has 1 aromatic heterocycles. The number of hydrogen-bond donors (Lipinski definition) is 2. The molecule has 0 saturated carbocycles. The molecule has 2 N–H and O–H groups in total. The van der Waals surface area contributed by atoms with Gasteiger partial charge in [-0.05, 0) is 55.7 Å². The van der Waals surface area contributed by atoms with Gasteiger partial charge in [-0.15, -0.1) is 0 Å². The number of phenolic OH excluding ortho intramolecular Hbond substituents is 2. The van der Waals surface area contributed by atoms with Crippen molar-refractivity contribution >= 4 is 22.6 Å². The first-order valence-electron chi connectivity index (χ1n) is 10.8. The maximum absolute atomic E-state index is 12.6. The molecular weight excluding hydrogens is 396 g/mol. The van der Waals surface area contributed by atoms with Crippen LogP contribution in [0.25, 0.3) is 11.0 Å². The normalized spacial score (nSPS) is 13.6. The number of ether oxygens (including phenoxy) is 1. The summed E-state index contributed by atoms with van der Waals surface area (Å²) in [6, 6.07) is 12.2. The summed E-state index contributed by atoms with van der Waals surface area (Å²) >= 11 is 0. The molecule has 164 valence electrons. The lowest BCUT2D eigenvalue weighted by molar-refractivity contribution is 0.0763. The summed E-state index contributed by atoms with van der Waals surface area (Å²) in [5.74, 6) is 0.736. The summed E-state index contributed by atoms with van der Waals surface area (Å²) in [6.45, 7) is 5.30. The number of fused-ring (bicyclic) bond motifs is 1. The van der Waals surface area contributed by atoms with Crippen molar-refractivity contribution in [3.63, 3.8) is 0 Å². The predicted octanol–water partition coefficient (Wildman–Crippen LogP) is 4.38. The van der Waals surface area contributed by atoms with Crippen LogP contribution in [0.3, 0.4) is 0 Å². The van der Waals surface area contributed by atoms with E-state index in [4.69, 9.17) is 9.15 Å². The minimum absolute atomic E-state index is 0.0581. The Morgan fingerprint density at radius 1 is 1.13 bits per heavy atom. The van der Waals surface area contributed by atoms with Crippen LogP contribution >= 0.6 is 0 Å². The van der Waals surface area contributed by atoms with Gasteiger partial charge in [0.2, 0.25) is 0 Å². The Hall–Kier alpha value is -3.35. The van der Waals surface area contributed by atoms with E-state index in [1.807, 2.05) is 28.0 Å². The zero-order valence-corrected chi connectivity index (χ0v) is 17.7. The van der Waals surface area contributed by atoms with Gasteiger partial charge in [-0.3, -0.25) is 4.79 Å². The molecule has 7 nitrogen and oxygen atoms in total. The molecule has 31 heavy (non-hydrogen) atoms. The molecule has 2 heterocycles. The number of para-hydroxylation sites is 1. The van der Waals surface area contributed by atoms with Gasteiger partial charge < -0.3 is 29.2 Å². The molecule has 4 rings (SSSR count). The highest BCUT2D eigenvalue weighted by molar-refractivity contribution is 5.96. The first-order chi connectivity index (χ1) is 15.1. The quantitative estimate of drug-likeness (QED) is 0.522. The van der Waals surface area contributed by atoms with E-state index in [9.17, 15) is 15.0 Å². The molecule has 1 amide bonds. The molecule has 0 spiro atoms. The summed E-state index contributed by atoms with van der Waals surface area (Å²) in [4.78, 5) is 16.4. The highest BCUT2D eigenvalue weighted by atomic mass is 16.5. The van der Waals surface area contributed by atoms with Crippen molar-refractivity contribution in [3.8, 4) is 17.2 Å². The highest BCUT2D eigenvalue weighted by Crippen LogP contribution is 2.35. The van der Waals surface area contributed by atoms with Gasteiger partial charge in [0.05, 0.1) is 12.2 Å². The molecule has 0 radical (unpaired) electrons. The van der Waals surface area contributed by atoms with Crippen molar-refractivity contribution in [1.82, 2.24) is 4.90 Å². The maximum atomic E-state index is 12.6. The van der Waals surface area contributed by atoms with Crippen molar-refractivity contribution in [2.45, 2.75) is 26.2 Å². The number of nitrogens with zero attached hydrogens (tertiary/aromatic N) is 2. The number of anilines is 1. The fourth-order valence-electron chi connectivity index (χ4n) is 3.96. The number of aromatic hydroxyl groups is 2. The van der Waals surface area contributed by atoms with E-state index < -0.39 is 0 Å². The predicted molar refractivity (Wildman–Crippen MR) is 119 cm³/mol.